The van der Waals surface area contributed by atoms with E-state index in [1.54, 1.807) is 18.2 Å². The molecular weight excluding hydrogens is 270 g/mol. The Kier molecular flexibility index (Phi) is 4.80. The predicted molar refractivity (Wildman–Crippen MR) is 69.1 cm³/mol. The third-order valence-corrected chi connectivity index (χ3v) is 3.25. The van der Waals surface area contributed by atoms with Crippen LogP contribution in [0.25, 0.3) is 0 Å². The minimum Gasteiger partial charge on any atom is -0.478 e. The van der Waals surface area contributed by atoms with E-state index in [0.29, 0.717) is 11.6 Å². The number of rotatable bonds is 5. The van der Waals surface area contributed by atoms with Crippen LogP contribution >= 0.6 is 15.9 Å². The Labute approximate surface area is 104 Å². The van der Waals surface area contributed by atoms with E-state index in [1.165, 1.54) is 0 Å². The first-order valence-corrected chi connectivity index (χ1v) is 6.17. The van der Waals surface area contributed by atoms with Crippen molar-refractivity contribution in [3.05, 3.63) is 28.2 Å². The van der Waals surface area contributed by atoms with Gasteiger partial charge < -0.3 is 10.4 Å². The average Bonchev–Trinajstić information content (AvgIpc) is 2.27. The maximum Gasteiger partial charge on any atom is 0.335 e. The molecule has 0 heterocycles. The van der Waals surface area contributed by atoms with E-state index in [4.69, 9.17) is 5.11 Å². The van der Waals surface area contributed by atoms with Gasteiger partial charge in [0.25, 0.3) is 0 Å². The van der Waals surface area contributed by atoms with Gasteiger partial charge >= 0.3 is 5.97 Å². The minimum absolute atomic E-state index is 0.302. The van der Waals surface area contributed by atoms with Crippen LogP contribution in [0.1, 0.15) is 37.0 Å². The quantitative estimate of drug-likeness (QED) is 0.866. The summed E-state index contributed by atoms with van der Waals surface area (Å²) in [5.74, 6) is -0.903. The first-order chi connectivity index (χ1) is 7.58. The molecule has 0 aliphatic heterocycles. The maximum atomic E-state index is 10.8. The predicted octanol–water partition coefficient (Wildman–Crippen LogP) is 3.75. The summed E-state index contributed by atoms with van der Waals surface area (Å²) in [7, 11) is 0. The van der Waals surface area contributed by atoms with Gasteiger partial charge in [0, 0.05) is 16.2 Å². The van der Waals surface area contributed by atoms with E-state index in [9.17, 15) is 4.79 Å². The van der Waals surface area contributed by atoms with Crippen molar-refractivity contribution < 1.29 is 9.90 Å². The Morgan fingerprint density at radius 1 is 1.44 bits per heavy atom. The van der Waals surface area contributed by atoms with Crippen LogP contribution in [-0.4, -0.2) is 17.1 Å². The van der Waals surface area contributed by atoms with Crippen molar-refractivity contribution >= 4 is 27.6 Å². The minimum atomic E-state index is -0.903. The summed E-state index contributed by atoms with van der Waals surface area (Å²) in [6.45, 7) is 4.21. The van der Waals surface area contributed by atoms with Crippen molar-refractivity contribution in [3.8, 4) is 0 Å². The first-order valence-electron chi connectivity index (χ1n) is 5.37. The molecule has 0 atom stereocenters. The van der Waals surface area contributed by atoms with Gasteiger partial charge in [-0.05, 0) is 47.0 Å². The summed E-state index contributed by atoms with van der Waals surface area (Å²) in [4.78, 5) is 10.8. The Bertz CT molecular complexity index is 375. The van der Waals surface area contributed by atoms with Crippen molar-refractivity contribution in [2.75, 3.05) is 5.32 Å². The lowest BCUT2D eigenvalue weighted by molar-refractivity contribution is 0.0697. The smallest absolute Gasteiger partial charge is 0.335 e. The molecule has 1 aromatic carbocycles. The van der Waals surface area contributed by atoms with Crippen molar-refractivity contribution in [1.82, 2.24) is 0 Å². The highest BCUT2D eigenvalue weighted by Crippen LogP contribution is 2.25. The lowest BCUT2D eigenvalue weighted by Gasteiger charge is -2.17. The van der Waals surface area contributed by atoms with Crippen LogP contribution in [0.4, 0.5) is 5.69 Å². The second-order valence-electron chi connectivity index (χ2n) is 3.66. The molecule has 0 saturated heterocycles. The van der Waals surface area contributed by atoms with Gasteiger partial charge in [0.15, 0.2) is 0 Å². The largest absolute Gasteiger partial charge is 0.478 e. The van der Waals surface area contributed by atoms with E-state index in [1.807, 2.05) is 0 Å². The van der Waals surface area contributed by atoms with E-state index in [0.717, 1.165) is 23.0 Å². The number of anilines is 1. The second kappa shape index (κ2) is 5.89. The standard InChI is InChI=1S/C12H16BrNO2/c1-3-9(4-2)14-11-7-8(12(15)16)5-6-10(11)13/h5-7,9,14H,3-4H2,1-2H3,(H,15,16). The number of halogens is 1. The van der Waals surface area contributed by atoms with Crippen LogP contribution in [0.5, 0.6) is 0 Å². The molecule has 1 aromatic rings. The second-order valence-corrected chi connectivity index (χ2v) is 4.51. The number of carboxylic acid groups (broad SMARTS) is 1. The number of hydrogen-bond donors (Lipinski definition) is 2. The number of hydrogen-bond acceptors (Lipinski definition) is 2. The summed E-state index contributed by atoms with van der Waals surface area (Å²) in [6, 6.07) is 5.38. The van der Waals surface area contributed by atoms with Gasteiger partial charge in [-0.3, -0.25) is 0 Å². The lowest BCUT2D eigenvalue weighted by Crippen LogP contribution is -2.17. The summed E-state index contributed by atoms with van der Waals surface area (Å²) in [6.07, 6.45) is 2.03. The van der Waals surface area contributed by atoms with Crippen LogP contribution in [0.3, 0.4) is 0 Å². The zero-order chi connectivity index (χ0) is 12.1. The van der Waals surface area contributed by atoms with E-state index in [-0.39, 0.29) is 0 Å². The number of carbonyl (C=O) groups is 1. The van der Waals surface area contributed by atoms with E-state index in [2.05, 4.69) is 35.1 Å². The Morgan fingerprint density at radius 2 is 2.06 bits per heavy atom. The molecule has 0 unspecified atom stereocenters. The molecule has 2 N–H and O–H groups in total. The topological polar surface area (TPSA) is 49.3 Å². The number of aromatic carboxylic acids is 1. The lowest BCUT2D eigenvalue weighted by atomic mass is 10.1. The van der Waals surface area contributed by atoms with Crippen molar-refractivity contribution in [2.45, 2.75) is 32.7 Å². The summed E-state index contributed by atoms with van der Waals surface area (Å²) in [5, 5.41) is 12.2. The van der Waals surface area contributed by atoms with Gasteiger partial charge in [-0.15, -0.1) is 0 Å². The highest BCUT2D eigenvalue weighted by Gasteiger charge is 2.09. The molecule has 0 aliphatic carbocycles. The third-order valence-electron chi connectivity index (χ3n) is 2.56. The van der Waals surface area contributed by atoms with Crippen LogP contribution < -0.4 is 5.32 Å². The molecule has 0 spiro atoms. The fourth-order valence-corrected chi connectivity index (χ4v) is 1.84. The molecule has 0 radical (unpaired) electrons. The summed E-state index contributed by atoms with van der Waals surface area (Å²) >= 11 is 3.41. The number of carboxylic acids is 1. The van der Waals surface area contributed by atoms with Gasteiger partial charge in [-0.1, -0.05) is 13.8 Å². The highest BCUT2D eigenvalue weighted by molar-refractivity contribution is 9.10. The zero-order valence-electron chi connectivity index (χ0n) is 9.46. The van der Waals surface area contributed by atoms with Crippen LogP contribution in [0.2, 0.25) is 0 Å². The third kappa shape index (κ3) is 3.23. The van der Waals surface area contributed by atoms with Gasteiger partial charge in [0.05, 0.1) is 5.56 Å². The monoisotopic (exact) mass is 285 g/mol. The SMILES string of the molecule is CCC(CC)Nc1cc(C(=O)O)ccc1Br. The van der Waals surface area contributed by atoms with E-state index >= 15 is 0 Å². The highest BCUT2D eigenvalue weighted by atomic mass is 79.9. The van der Waals surface area contributed by atoms with Crippen LogP contribution in [-0.2, 0) is 0 Å². The van der Waals surface area contributed by atoms with Gasteiger partial charge in [-0.25, -0.2) is 4.79 Å². The summed E-state index contributed by atoms with van der Waals surface area (Å²) in [5.41, 5.74) is 1.14. The normalized spacial score (nSPS) is 10.5. The average molecular weight is 286 g/mol. The molecule has 3 nitrogen and oxygen atoms in total. The van der Waals surface area contributed by atoms with E-state index < -0.39 is 5.97 Å². The van der Waals surface area contributed by atoms with Gasteiger partial charge in [-0.2, -0.15) is 0 Å². The Morgan fingerprint density at radius 3 is 2.56 bits per heavy atom. The molecule has 0 bridgehead atoms. The molecule has 0 saturated carbocycles. The summed E-state index contributed by atoms with van der Waals surface area (Å²) < 4.78 is 0.893. The molecule has 16 heavy (non-hydrogen) atoms. The first kappa shape index (κ1) is 13.0. The van der Waals surface area contributed by atoms with Crippen molar-refractivity contribution in [1.29, 1.82) is 0 Å². The molecule has 0 aliphatic rings. The van der Waals surface area contributed by atoms with Crippen LogP contribution in [0.15, 0.2) is 22.7 Å². The molecule has 0 fully saturated rings. The van der Waals surface area contributed by atoms with Crippen molar-refractivity contribution in [3.63, 3.8) is 0 Å². The number of benzene rings is 1. The molecule has 88 valence electrons. The molecule has 4 heteroatoms. The molecule has 0 aromatic heterocycles. The fraction of sp³-hybridized carbons (Fsp3) is 0.417. The van der Waals surface area contributed by atoms with Crippen LogP contribution in [0, 0.1) is 0 Å². The van der Waals surface area contributed by atoms with Gasteiger partial charge in [0.2, 0.25) is 0 Å². The fourth-order valence-electron chi connectivity index (χ4n) is 1.48. The zero-order valence-corrected chi connectivity index (χ0v) is 11.0. The van der Waals surface area contributed by atoms with Gasteiger partial charge in [0.1, 0.15) is 0 Å². The molecule has 0 amide bonds. The molecular formula is C12H16BrNO2. The number of nitrogens with one attached hydrogen (secondary N) is 1. The Hall–Kier alpha value is -1.03. The Balaban J connectivity index is 2.93. The maximum absolute atomic E-state index is 10.8. The van der Waals surface area contributed by atoms with Crippen molar-refractivity contribution in [2.24, 2.45) is 0 Å². The molecule has 1 rings (SSSR count).